The number of fused-ring (bicyclic) bond motifs is 1. The molecule has 0 unspecified atom stereocenters. The van der Waals surface area contributed by atoms with Crippen LogP contribution in [0.3, 0.4) is 0 Å². The van der Waals surface area contributed by atoms with Gasteiger partial charge in [-0.05, 0) is 11.6 Å². The molecule has 4 rings (SSSR count). The third-order valence-corrected chi connectivity index (χ3v) is 4.98. The van der Waals surface area contributed by atoms with Crippen LogP contribution in [-0.2, 0) is 9.53 Å². The van der Waals surface area contributed by atoms with Crippen LogP contribution in [0.25, 0.3) is 6.08 Å². The Kier molecular flexibility index (Phi) is 5.26. The van der Waals surface area contributed by atoms with Gasteiger partial charge in [0.15, 0.2) is 0 Å². The molecule has 3 amide bonds. The van der Waals surface area contributed by atoms with Crippen molar-refractivity contribution in [3.8, 4) is 0 Å². The topological polar surface area (TPSA) is 159 Å². The van der Waals surface area contributed by atoms with E-state index in [2.05, 4.69) is 10.3 Å². The second-order valence-electron chi connectivity index (χ2n) is 6.89. The highest BCUT2D eigenvalue weighted by atomic mass is 16.6. The number of amidine groups is 1. The molecule has 0 bridgehead atoms. The Morgan fingerprint density at radius 3 is 2.63 bits per heavy atom. The van der Waals surface area contributed by atoms with Gasteiger partial charge in [-0.25, -0.2) is 0 Å². The molecule has 4 atom stereocenters. The number of aliphatic hydroxyl groups excluding tert-OH is 3. The van der Waals surface area contributed by atoms with Gasteiger partial charge in [-0.1, -0.05) is 36.4 Å². The van der Waals surface area contributed by atoms with Gasteiger partial charge in [0.05, 0.1) is 6.61 Å². The summed E-state index contributed by atoms with van der Waals surface area (Å²) in [4.78, 5) is 30.5. The number of rotatable bonds is 5. The van der Waals surface area contributed by atoms with Crippen molar-refractivity contribution < 1.29 is 34.2 Å². The Morgan fingerprint density at radius 2 is 1.97 bits per heavy atom. The highest BCUT2D eigenvalue weighted by Crippen LogP contribution is 2.27. The molecule has 30 heavy (non-hydrogen) atoms. The molecule has 1 fully saturated rings. The van der Waals surface area contributed by atoms with Crippen molar-refractivity contribution in [3.05, 3.63) is 42.0 Å². The van der Waals surface area contributed by atoms with Crippen LogP contribution in [0, 0.1) is 5.41 Å². The molecule has 11 nitrogen and oxygen atoms in total. The largest absolute Gasteiger partial charge is 0.503 e. The fourth-order valence-electron chi connectivity index (χ4n) is 3.53. The van der Waals surface area contributed by atoms with Gasteiger partial charge in [0.25, 0.3) is 11.5 Å². The smallest absolute Gasteiger partial charge is 0.394 e. The third kappa shape index (κ3) is 3.33. The predicted octanol–water partition coefficient (Wildman–Crippen LogP) is -1.51. The summed E-state index contributed by atoms with van der Waals surface area (Å²) in [6, 6.07) is 8.65. The number of nitrogens with one attached hydrogen (secondary N) is 2. The first-order valence-corrected chi connectivity index (χ1v) is 9.23. The maximum atomic E-state index is 13.1. The average Bonchev–Trinajstić information content (AvgIpc) is 3.16. The Balaban J connectivity index is 1.67. The Labute approximate surface area is 170 Å². The number of carbonyl (C=O) groups excluding carboxylic acids is 2. The number of hydrogen-bond acceptors (Lipinski definition) is 7. The zero-order valence-corrected chi connectivity index (χ0v) is 15.7. The van der Waals surface area contributed by atoms with Crippen molar-refractivity contribution >= 4 is 35.5 Å². The van der Waals surface area contributed by atoms with E-state index in [1.807, 2.05) is 30.3 Å². The quantitative estimate of drug-likeness (QED) is 0.369. The monoisotopic (exact) mass is 414 g/mol. The molecule has 0 aliphatic carbocycles. The molecule has 3 aliphatic rings. The van der Waals surface area contributed by atoms with Crippen LogP contribution in [0.1, 0.15) is 5.56 Å². The maximum absolute atomic E-state index is 13.1. The SMILES string of the molecule is N=C1N=C2C(=[N+](CC=Cc3ccccc3)C(=O)N2[C@@H]2O[C@H](CO)[C@@H](O)[C@H]2O)C(=O)N1. The summed E-state index contributed by atoms with van der Waals surface area (Å²) in [6.45, 7) is -0.548. The van der Waals surface area contributed by atoms with Crippen LogP contribution >= 0.6 is 0 Å². The first-order chi connectivity index (χ1) is 14.4. The predicted molar refractivity (Wildman–Crippen MR) is 104 cm³/mol. The van der Waals surface area contributed by atoms with Crippen molar-refractivity contribution in [2.24, 2.45) is 4.99 Å². The molecule has 11 heteroatoms. The molecule has 5 N–H and O–H groups in total. The lowest BCUT2D eigenvalue weighted by atomic mass is 10.1. The second kappa shape index (κ2) is 7.88. The summed E-state index contributed by atoms with van der Waals surface area (Å²) in [5, 5.41) is 39.6. The number of ether oxygens (including phenoxy) is 1. The van der Waals surface area contributed by atoms with Gasteiger partial charge >= 0.3 is 11.9 Å². The number of aliphatic imine (C=N–C) groups is 1. The maximum Gasteiger partial charge on any atom is 0.503 e. The number of nitrogens with zero attached hydrogens (tertiary/aromatic N) is 3. The third-order valence-electron chi connectivity index (χ3n) is 4.98. The summed E-state index contributed by atoms with van der Waals surface area (Å²) in [7, 11) is 0. The molecule has 1 saturated heterocycles. The van der Waals surface area contributed by atoms with E-state index in [0.717, 1.165) is 15.0 Å². The summed E-state index contributed by atoms with van der Waals surface area (Å²) in [5.41, 5.74) is 0.810. The molecule has 3 heterocycles. The number of benzene rings is 1. The molecular weight excluding hydrogens is 394 g/mol. The minimum atomic E-state index is -1.53. The van der Waals surface area contributed by atoms with Crippen molar-refractivity contribution in [2.45, 2.75) is 24.5 Å². The normalized spacial score (nSPS) is 29.0. The molecule has 0 saturated carbocycles. The lowest BCUT2D eigenvalue weighted by molar-refractivity contribution is -0.417. The van der Waals surface area contributed by atoms with E-state index in [9.17, 15) is 24.9 Å². The van der Waals surface area contributed by atoms with Gasteiger partial charge in [0, 0.05) is 0 Å². The molecule has 0 radical (unpaired) electrons. The number of carbonyl (C=O) groups is 2. The number of guanidine groups is 1. The fourth-order valence-corrected chi connectivity index (χ4v) is 3.53. The van der Waals surface area contributed by atoms with Crippen LogP contribution in [0.15, 0.2) is 41.4 Å². The lowest BCUT2D eigenvalue weighted by Gasteiger charge is -2.20. The van der Waals surface area contributed by atoms with Crippen molar-refractivity contribution in [3.63, 3.8) is 0 Å². The van der Waals surface area contributed by atoms with Crippen LogP contribution < -0.4 is 5.32 Å². The molecular formula is C19H20N5O6+. The zero-order chi connectivity index (χ0) is 21.4. The van der Waals surface area contributed by atoms with E-state index in [0.29, 0.717) is 0 Å². The Bertz CT molecular complexity index is 988. The van der Waals surface area contributed by atoms with Gasteiger partial charge in [0.2, 0.25) is 12.2 Å². The van der Waals surface area contributed by atoms with Crippen LogP contribution in [0.2, 0.25) is 0 Å². The van der Waals surface area contributed by atoms with Gasteiger partial charge in [-0.2, -0.15) is 14.4 Å². The number of amides is 3. The standard InChI is InChI=1S/C19H19N5O6/c20-18-21-15-12(16(28)22-18)23(8-4-7-10-5-2-1-3-6-10)19(29)24(15)17-14(27)13(26)11(9-25)30-17/h1-7,11,13-14,17,25-27H,8-9H2,(H-,20,22,28)/p+1/t11-,13-,14-,17-/m1/s1. The molecule has 1 aromatic carbocycles. The molecule has 156 valence electrons. The van der Waals surface area contributed by atoms with Crippen molar-refractivity contribution in [1.82, 2.24) is 10.2 Å². The fraction of sp³-hybridized carbons (Fsp3) is 0.316. The molecule has 3 aliphatic heterocycles. The Hall–Kier alpha value is -3.25. The lowest BCUT2D eigenvalue weighted by Crippen LogP contribution is -2.53. The first kappa shape index (κ1) is 20.0. The zero-order valence-electron chi connectivity index (χ0n) is 15.7. The van der Waals surface area contributed by atoms with E-state index in [4.69, 9.17) is 10.1 Å². The van der Waals surface area contributed by atoms with E-state index in [-0.39, 0.29) is 18.1 Å². The van der Waals surface area contributed by atoms with Crippen molar-refractivity contribution in [1.29, 1.82) is 5.41 Å². The van der Waals surface area contributed by atoms with E-state index >= 15 is 0 Å². The number of hydrogen-bond donors (Lipinski definition) is 5. The Morgan fingerprint density at radius 1 is 1.23 bits per heavy atom. The van der Waals surface area contributed by atoms with Gasteiger partial charge in [-0.15, -0.1) is 4.90 Å². The number of aliphatic hydroxyl groups is 3. The summed E-state index contributed by atoms with van der Waals surface area (Å²) in [5.74, 6) is -1.32. The molecule has 1 aromatic rings. The number of urea groups is 1. The summed E-state index contributed by atoms with van der Waals surface area (Å²) >= 11 is 0. The minimum absolute atomic E-state index is 0.0220. The highest BCUT2D eigenvalue weighted by molar-refractivity contribution is 6.70. The van der Waals surface area contributed by atoms with Gasteiger partial charge in [-0.3, -0.25) is 15.5 Å². The summed E-state index contributed by atoms with van der Waals surface area (Å²) < 4.78 is 6.59. The van der Waals surface area contributed by atoms with Crippen LogP contribution in [-0.4, -0.2) is 91.9 Å². The van der Waals surface area contributed by atoms with Gasteiger partial charge in [0.1, 0.15) is 24.9 Å². The summed E-state index contributed by atoms with van der Waals surface area (Å²) in [6.07, 6.45) is -1.98. The van der Waals surface area contributed by atoms with Crippen molar-refractivity contribution in [2.75, 3.05) is 13.2 Å². The van der Waals surface area contributed by atoms with Crippen LogP contribution in [0.5, 0.6) is 0 Å². The van der Waals surface area contributed by atoms with E-state index in [1.54, 1.807) is 12.2 Å². The molecule has 0 spiro atoms. The average molecular weight is 414 g/mol. The van der Waals surface area contributed by atoms with Crippen LogP contribution in [0.4, 0.5) is 4.79 Å². The molecule has 0 aromatic heterocycles. The van der Waals surface area contributed by atoms with E-state index in [1.165, 1.54) is 0 Å². The van der Waals surface area contributed by atoms with E-state index < -0.39 is 49.0 Å². The minimum Gasteiger partial charge on any atom is -0.394 e. The highest BCUT2D eigenvalue weighted by Gasteiger charge is 2.59. The second-order valence-corrected chi connectivity index (χ2v) is 6.89. The first-order valence-electron chi connectivity index (χ1n) is 9.23. The van der Waals surface area contributed by atoms with Gasteiger partial charge < -0.3 is 20.1 Å².